The maximum atomic E-state index is 11.0. The summed E-state index contributed by atoms with van der Waals surface area (Å²) in [6, 6.07) is 7.93. The molecule has 1 rings (SSSR count). The first-order chi connectivity index (χ1) is 8.00. The van der Waals surface area contributed by atoms with Gasteiger partial charge in [-0.15, -0.1) is 0 Å². The Labute approximate surface area is 102 Å². The molecule has 0 aromatic heterocycles. The fourth-order valence-electron chi connectivity index (χ4n) is 1.16. The van der Waals surface area contributed by atoms with Crippen LogP contribution in [0.25, 0.3) is 0 Å². The fraction of sp³-hybridized carbons (Fsp3) is 0.385. The summed E-state index contributed by atoms with van der Waals surface area (Å²) >= 11 is 0. The SMILES string of the molecule is CC(=O)N(C)C(C)O/N=C/c1ccc(C)cc1. The zero-order chi connectivity index (χ0) is 12.8. The van der Waals surface area contributed by atoms with E-state index in [-0.39, 0.29) is 12.1 Å². The predicted molar refractivity (Wildman–Crippen MR) is 67.8 cm³/mol. The minimum absolute atomic E-state index is 0.0527. The van der Waals surface area contributed by atoms with Crippen LogP contribution in [0.4, 0.5) is 0 Å². The Balaban J connectivity index is 2.50. The molecule has 0 radical (unpaired) electrons. The summed E-state index contributed by atoms with van der Waals surface area (Å²) in [7, 11) is 1.67. The summed E-state index contributed by atoms with van der Waals surface area (Å²) in [5, 5.41) is 3.86. The van der Waals surface area contributed by atoms with Crippen LogP contribution in [0.15, 0.2) is 29.4 Å². The Morgan fingerprint density at radius 1 is 1.41 bits per heavy atom. The maximum Gasteiger partial charge on any atom is 0.222 e. The molecule has 0 saturated heterocycles. The van der Waals surface area contributed by atoms with Gasteiger partial charge in [-0.05, 0) is 19.4 Å². The molecule has 0 aliphatic heterocycles. The van der Waals surface area contributed by atoms with Crippen molar-refractivity contribution in [3.05, 3.63) is 35.4 Å². The highest BCUT2D eigenvalue weighted by atomic mass is 16.6. The van der Waals surface area contributed by atoms with Gasteiger partial charge in [0.2, 0.25) is 5.91 Å². The number of rotatable bonds is 4. The van der Waals surface area contributed by atoms with Gasteiger partial charge in [0.1, 0.15) is 0 Å². The lowest BCUT2D eigenvalue weighted by Crippen LogP contribution is -2.34. The molecule has 0 heterocycles. The molecule has 1 amide bonds. The van der Waals surface area contributed by atoms with Gasteiger partial charge in [0.05, 0.1) is 6.21 Å². The second-order valence-electron chi connectivity index (χ2n) is 3.98. The zero-order valence-electron chi connectivity index (χ0n) is 10.7. The van der Waals surface area contributed by atoms with Crippen LogP contribution < -0.4 is 0 Å². The van der Waals surface area contributed by atoms with Gasteiger partial charge in [0.25, 0.3) is 0 Å². The number of oxime groups is 1. The van der Waals surface area contributed by atoms with E-state index < -0.39 is 0 Å². The molecular weight excluding hydrogens is 216 g/mol. The Hall–Kier alpha value is -1.84. The van der Waals surface area contributed by atoms with Gasteiger partial charge < -0.3 is 9.74 Å². The summed E-state index contributed by atoms with van der Waals surface area (Å²) in [5.41, 5.74) is 2.17. The molecule has 1 aromatic carbocycles. The highest BCUT2D eigenvalue weighted by Crippen LogP contribution is 2.02. The van der Waals surface area contributed by atoms with Gasteiger partial charge in [-0.1, -0.05) is 35.0 Å². The molecule has 0 saturated carbocycles. The molecule has 4 heteroatoms. The second kappa shape index (κ2) is 6.03. The average molecular weight is 234 g/mol. The summed E-state index contributed by atoms with van der Waals surface area (Å²) in [5.74, 6) is -0.0527. The van der Waals surface area contributed by atoms with E-state index in [4.69, 9.17) is 4.84 Å². The molecule has 0 fully saturated rings. The van der Waals surface area contributed by atoms with Crippen molar-refractivity contribution < 1.29 is 9.63 Å². The first kappa shape index (κ1) is 13.2. The van der Waals surface area contributed by atoms with Crippen LogP contribution in [0.1, 0.15) is 25.0 Å². The average Bonchev–Trinajstić information content (AvgIpc) is 2.30. The van der Waals surface area contributed by atoms with Crippen LogP contribution in [0.5, 0.6) is 0 Å². The number of amides is 1. The highest BCUT2D eigenvalue weighted by molar-refractivity contribution is 5.79. The van der Waals surface area contributed by atoms with Gasteiger partial charge in [0, 0.05) is 14.0 Å². The quantitative estimate of drug-likeness (QED) is 0.455. The number of carbonyl (C=O) groups is 1. The number of benzene rings is 1. The maximum absolute atomic E-state index is 11.0. The third-order valence-electron chi connectivity index (χ3n) is 2.53. The predicted octanol–water partition coefficient (Wildman–Crippen LogP) is 2.17. The van der Waals surface area contributed by atoms with Gasteiger partial charge in [0.15, 0.2) is 6.23 Å². The Kier molecular flexibility index (Phi) is 4.69. The lowest BCUT2D eigenvalue weighted by Gasteiger charge is -2.20. The smallest absolute Gasteiger partial charge is 0.222 e. The second-order valence-corrected chi connectivity index (χ2v) is 3.98. The van der Waals surface area contributed by atoms with E-state index in [2.05, 4.69) is 5.16 Å². The van der Waals surface area contributed by atoms with Crippen LogP contribution in [-0.2, 0) is 9.63 Å². The van der Waals surface area contributed by atoms with Crippen LogP contribution in [0.3, 0.4) is 0 Å². The minimum atomic E-state index is -0.366. The summed E-state index contributed by atoms with van der Waals surface area (Å²) in [6.07, 6.45) is 1.26. The van der Waals surface area contributed by atoms with Crippen molar-refractivity contribution in [3.63, 3.8) is 0 Å². The lowest BCUT2D eigenvalue weighted by atomic mass is 10.2. The van der Waals surface area contributed by atoms with Crippen LogP contribution in [0, 0.1) is 6.92 Å². The van der Waals surface area contributed by atoms with Gasteiger partial charge in [-0.2, -0.15) is 0 Å². The van der Waals surface area contributed by atoms with E-state index >= 15 is 0 Å². The van der Waals surface area contributed by atoms with Crippen LogP contribution in [-0.4, -0.2) is 30.3 Å². The Bertz CT molecular complexity index is 398. The van der Waals surface area contributed by atoms with E-state index in [0.29, 0.717) is 0 Å². The van der Waals surface area contributed by atoms with Crippen molar-refractivity contribution in [1.29, 1.82) is 0 Å². The van der Waals surface area contributed by atoms with Crippen molar-refractivity contribution in [3.8, 4) is 0 Å². The van der Waals surface area contributed by atoms with Gasteiger partial charge in [-0.3, -0.25) is 4.79 Å². The number of hydrogen-bond donors (Lipinski definition) is 0. The zero-order valence-corrected chi connectivity index (χ0v) is 10.7. The molecule has 0 aliphatic carbocycles. The highest BCUT2D eigenvalue weighted by Gasteiger charge is 2.11. The van der Waals surface area contributed by atoms with Crippen molar-refractivity contribution >= 4 is 12.1 Å². The molecule has 17 heavy (non-hydrogen) atoms. The van der Waals surface area contributed by atoms with Crippen molar-refractivity contribution in [2.45, 2.75) is 27.0 Å². The Morgan fingerprint density at radius 3 is 2.53 bits per heavy atom. The van der Waals surface area contributed by atoms with Crippen LogP contribution >= 0.6 is 0 Å². The topological polar surface area (TPSA) is 41.9 Å². The molecule has 0 N–H and O–H groups in total. The largest absolute Gasteiger partial charge is 0.371 e. The van der Waals surface area contributed by atoms with Gasteiger partial charge >= 0.3 is 0 Å². The molecule has 0 aliphatic rings. The van der Waals surface area contributed by atoms with Crippen molar-refractivity contribution in [2.24, 2.45) is 5.16 Å². The molecule has 0 bridgehead atoms. The number of aryl methyl sites for hydroxylation is 1. The molecule has 4 nitrogen and oxygen atoms in total. The van der Waals surface area contributed by atoms with E-state index in [1.807, 2.05) is 31.2 Å². The van der Waals surface area contributed by atoms with Gasteiger partial charge in [-0.25, -0.2) is 0 Å². The number of hydrogen-bond acceptors (Lipinski definition) is 3. The van der Waals surface area contributed by atoms with E-state index in [1.54, 1.807) is 20.2 Å². The van der Waals surface area contributed by atoms with E-state index in [9.17, 15) is 4.79 Å². The fourth-order valence-corrected chi connectivity index (χ4v) is 1.16. The lowest BCUT2D eigenvalue weighted by molar-refractivity contribution is -0.139. The molecule has 1 atom stereocenters. The number of carbonyl (C=O) groups excluding carboxylic acids is 1. The monoisotopic (exact) mass is 234 g/mol. The molecular formula is C13H18N2O2. The summed E-state index contributed by atoms with van der Waals surface area (Å²) in [6.45, 7) is 5.29. The number of nitrogens with zero attached hydrogens (tertiary/aromatic N) is 2. The van der Waals surface area contributed by atoms with Crippen LogP contribution in [0.2, 0.25) is 0 Å². The first-order valence-electron chi connectivity index (χ1n) is 5.50. The molecule has 0 spiro atoms. The summed E-state index contributed by atoms with van der Waals surface area (Å²) in [4.78, 5) is 17.7. The first-order valence-corrected chi connectivity index (χ1v) is 5.50. The normalized spacial score (nSPS) is 12.5. The minimum Gasteiger partial charge on any atom is -0.371 e. The molecule has 92 valence electrons. The Morgan fingerprint density at radius 2 is 2.00 bits per heavy atom. The third-order valence-corrected chi connectivity index (χ3v) is 2.53. The third kappa shape index (κ3) is 4.26. The van der Waals surface area contributed by atoms with Crippen molar-refractivity contribution in [2.75, 3.05) is 7.05 Å². The summed E-state index contributed by atoms with van der Waals surface area (Å²) < 4.78 is 0. The van der Waals surface area contributed by atoms with E-state index in [0.717, 1.165) is 5.56 Å². The standard InChI is InChI=1S/C13H18N2O2/c1-10-5-7-13(8-6-10)9-14-17-12(3)15(4)11(2)16/h5-9,12H,1-4H3/b14-9+. The van der Waals surface area contributed by atoms with E-state index in [1.165, 1.54) is 17.4 Å². The molecule has 1 aromatic rings. The van der Waals surface area contributed by atoms with Crippen molar-refractivity contribution in [1.82, 2.24) is 4.90 Å². The molecule has 1 unspecified atom stereocenters.